The first-order valence-electron chi connectivity index (χ1n) is 6.37. The second-order valence-electron chi connectivity index (χ2n) is 4.59. The van der Waals surface area contributed by atoms with E-state index < -0.39 is 11.7 Å². The summed E-state index contributed by atoms with van der Waals surface area (Å²) in [7, 11) is 0. The first kappa shape index (κ1) is 13.5. The van der Waals surface area contributed by atoms with E-state index in [2.05, 4.69) is 0 Å². The summed E-state index contributed by atoms with van der Waals surface area (Å²) in [6.45, 7) is 0. The molecule has 0 N–H and O–H groups in total. The number of hydrogen-bond acceptors (Lipinski definition) is 3. The molecular weight excluding hydrogens is 285 g/mol. The topological polar surface area (TPSA) is 40.9 Å². The van der Waals surface area contributed by atoms with Crippen molar-refractivity contribution < 1.29 is 9.18 Å². The van der Waals surface area contributed by atoms with Gasteiger partial charge in [0.15, 0.2) is 5.78 Å². The van der Waals surface area contributed by atoms with Crippen LogP contribution < -0.4 is 0 Å². The average Bonchev–Trinajstić information content (AvgIpc) is 2.93. The summed E-state index contributed by atoms with van der Waals surface area (Å²) < 4.78 is 14.8. The number of halogens is 1. The molecule has 3 aromatic rings. The van der Waals surface area contributed by atoms with Crippen molar-refractivity contribution in [1.82, 2.24) is 0 Å². The predicted octanol–water partition coefficient (Wildman–Crippen LogP) is 4.53. The number of carbonyl (C=O) groups excluding carboxylic acids is 1. The number of rotatable bonds is 3. The lowest BCUT2D eigenvalue weighted by Gasteiger charge is -2.09. The molecule has 1 unspecified atom stereocenters. The van der Waals surface area contributed by atoms with Crippen molar-refractivity contribution >= 4 is 27.2 Å². The van der Waals surface area contributed by atoms with E-state index in [0.29, 0.717) is 5.56 Å². The van der Waals surface area contributed by atoms with Gasteiger partial charge in [0.05, 0.1) is 6.07 Å². The minimum absolute atomic E-state index is 0.125. The van der Waals surface area contributed by atoms with Gasteiger partial charge in [-0.3, -0.25) is 4.79 Å². The van der Waals surface area contributed by atoms with Crippen LogP contribution in [0.4, 0.5) is 4.39 Å². The number of thiophene rings is 1. The molecule has 1 aromatic heterocycles. The molecule has 21 heavy (non-hydrogen) atoms. The van der Waals surface area contributed by atoms with Crippen LogP contribution in [0.2, 0.25) is 0 Å². The van der Waals surface area contributed by atoms with Gasteiger partial charge < -0.3 is 0 Å². The van der Waals surface area contributed by atoms with Gasteiger partial charge >= 0.3 is 0 Å². The third-order valence-electron chi connectivity index (χ3n) is 3.35. The third kappa shape index (κ3) is 2.32. The number of nitriles is 1. The number of nitrogens with zero attached hydrogens (tertiary/aromatic N) is 1. The predicted molar refractivity (Wildman–Crippen MR) is 80.9 cm³/mol. The number of benzene rings is 2. The Hall–Kier alpha value is -2.51. The molecule has 2 aromatic carbocycles. The number of ketones is 1. The van der Waals surface area contributed by atoms with E-state index in [0.717, 1.165) is 10.1 Å². The maximum atomic E-state index is 13.8. The monoisotopic (exact) mass is 295 g/mol. The van der Waals surface area contributed by atoms with Crippen molar-refractivity contribution in [2.45, 2.75) is 5.92 Å². The maximum Gasteiger partial charge on any atom is 0.186 e. The number of hydrogen-bond donors (Lipinski definition) is 0. The van der Waals surface area contributed by atoms with E-state index in [9.17, 15) is 14.4 Å². The van der Waals surface area contributed by atoms with Crippen LogP contribution in [-0.4, -0.2) is 5.78 Å². The lowest BCUT2D eigenvalue weighted by molar-refractivity contribution is 0.0979. The fraction of sp³-hybridized carbons (Fsp3) is 0.0588. The molecule has 3 rings (SSSR count). The van der Waals surface area contributed by atoms with E-state index >= 15 is 0 Å². The van der Waals surface area contributed by atoms with Crippen LogP contribution in [0.3, 0.4) is 0 Å². The summed E-state index contributed by atoms with van der Waals surface area (Å²) in [5.41, 5.74) is 0.602. The fourth-order valence-electron chi connectivity index (χ4n) is 2.30. The summed E-state index contributed by atoms with van der Waals surface area (Å²) in [6.07, 6.45) is 0. The fourth-order valence-corrected chi connectivity index (χ4v) is 3.25. The molecule has 102 valence electrons. The second kappa shape index (κ2) is 5.47. The summed E-state index contributed by atoms with van der Waals surface area (Å²) in [5, 5.41) is 11.9. The largest absolute Gasteiger partial charge is 0.292 e. The van der Waals surface area contributed by atoms with Gasteiger partial charge in [0.25, 0.3) is 0 Å². The van der Waals surface area contributed by atoms with Crippen molar-refractivity contribution in [2.75, 3.05) is 0 Å². The Morgan fingerprint density at radius 2 is 1.86 bits per heavy atom. The van der Waals surface area contributed by atoms with Gasteiger partial charge in [-0.25, -0.2) is 4.39 Å². The lowest BCUT2D eigenvalue weighted by Crippen LogP contribution is -2.12. The molecule has 0 aliphatic heterocycles. The highest BCUT2D eigenvalue weighted by Crippen LogP contribution is 2.30. The number of fused-ring (bicyclic) bond motifs is 1. The molecule has 0 aliphatic carbocycles. The molecule has 0 saturated heterocycles. The zero-order chi connectivity index (χ0) is 14.8. The lowest BCUT2D eigenvalue weighted by atomic mass is 9.91. The Labute approximate surface area is 125 Å². The smallest absolute Gasteiger partial charge is 0.186 e. The van der Waals surface area contributed by atoms with Gasteiger partial charge in [-0.05, 0) is 12.1 Å². The van der Waals surface area contributed by atoms with Gasteiger partial charge in [0, 0.05) is 26.6 Å². The molecule has 0 amide bonds. The summed E-state index contributed by atoms with van der Waals surface area (Å²) in [5.74, 6) is -2.01. The normalized spacial score (nSPS) is 12.0. The highest BCUT2D eigenvalue weighted by molar-refractivity contribution is 7.17. The van der Waals surface area contributed by atoms with Crippen molar-refractivity contribution in [1.29, 1.82) is 5.26 Å². The maximum absolute atomic E-state index is 13.8. The molecular formula is C17H10FNOS. The van der Waals surface area contributed by atoms with Gasteiger partial charge in [-0.1, -0.05) is 36.4 Å². The Morgan fingerprint density at radius 3 is 2.62 bits per heavy atom. The van der Waals surface area contributed by atoms with Crippen LogP contribution in [0.1, 0.15) is 21.8 Å². The molecule has 1 heterocycles. The Balaban J connectivity index is 2.08. The Kier molecular flexibility index (Phi) is 3.51. The molecule has 0 spiro atoms. The van der Waals surface area contributed by atoms with Crippen LogP contribution in [0.5, 0.6) is 0 Å². The van der Waals surface area contributed by atoms with E-state index in [1.165, 1.54) is 29.5 Å². The van der Waals surface area contributed by atoms with E-state index in [4.69, 9.17) is 0 Å². The zero-order valence-corrected chi connectivity index (χ0v) is 11.7. The molecule has 2 nitrogen and oxygen atoms in total. The molecule has 0 radical (unpaired) electrons. The molecule has 0 saturated carbocycles. The van der Waals surface area contributed by atoms with Crippen molar-refractivity contribution in [3.05, 3.63) is 70.9 Å². The standard InChI is InChI=1S/C17H10FNOS/c18-15-7-3-1-5-11(15)13(9-19)17(20)14-10-21-16-8-4-2-6-12(14)16/h1-8,10,13H. The molecule has 1 atom stereocenters. The first-order chi connectivity index (χ1) is 10.2. The van der Waals surface area contributed by atoms with Crippen LogP contribution in [0.15, 0.2) is 53.9 Å². The Morgan fingerprint density at radius 1 is 1.14 bits per heavy atom. The number of Topliss-reactive ketones (excluding diaryl/α,β-unsaturated/α-hetero) is 1. The van der Waals surface area contributed by atoms with Crippen LogP contribution >= 0.6 is 11.3 Å². The van der Waals surface area contributed by atoms with Crippen LogP contribution in [0.25, 0.3) is 10.1 Å². The summed E-state index contributed by atoms with van der Waals surface area (Å²) in [6, 6.07) is 15.3. The van der Waals surface area contributed by atoms with E-state index in [-0.39, 0.29) is 11.3 Å². The van der Waals surface area contributed by atoms with Crippen molar-refractivity contribution in [3.8, 4) is 6.07 Å². The summed E-state index contributed by atoms with van der Waals surface area (Å²) in [4.78, 5) is 12.6. The first-order valence-corrected chi connectivity index (χ1v) is 7.25. The van der Waals surface area contributed by atoms with Crippen molar-refractivity contribution in [3.63, 3.8) is 0 Å². The molecule has 0 fully saturated rings. The van der Waals surface area contributed by atoms with Crippen LogP contribution in [0, 0.1) is 17.1 Å². The SMILES string of the molecule is N#CC(C(=O)c1csc2ccccc12)c1ccccc1F. The average molecular weight is 295 g/mol. The van der Waals surface area contributed by atoms with Crippen molar-refractivity contribution in [2.24, 2.45) is 0 Å². The van der Waals surface area contributed by atoms with E-state index in [1.54, 1.807) is 11.4 Å². The van der Waals surface area contributed by atoms with E-state index in [1.807, 2.05) is 30.3 Å². The minimum atomic E-state index is -1.12. The van der Waals surface area contributed by atoms with Gasteiger partial charge in [0.1, 0.15) is 11.7 Å². The molecule has 4 heteroatoms. The van der Waals surface area contributed by atoms with Gasteiger partial charge in [-0.2, -0.15) is 5.26 Å². The highest BCUT2D eigenvalue weighted by atomic mass is 32.1. The molecule has 0 aliphatic rings. The van der Waals surface area contributed by atoms with Gasteiger partial charge in [-0.15, -0.1) is 11.3 Å². The number of carbonyl (C=O) groups is 1. The zero-order valence-electron chi connectivity index (χ0n) is 10.9. The second-order valence-corrected chi connectivity index (χ2v) is 5.50. The Bertz CT molecular complexity index is 862. The third-order valence-corrected chi connectivity index (χ3v) is 4.32. The minimum Gasteiger partial charge on any atom is -0.292 e. The quantitative estimate of drug-likeness (QED) is 0.666. The highest BCUT2D eigenvalue weighted by Gasteiger charge is 2.26. The van der Waals surface area contributed by atoms with Crippen LogP contribution in [-0.2, 0) is 0 Å². The summed E-state index contributed by atoms with van der Waals surface area (Å²) >= 11 is 1.45. The van der Waals surface area contributed by atoms with Gasteiger partial charge in [0.2, 0.25) is 0 Å². The molecule has 0 bridgehead atoms.